The molecule has 0 saturated heterocycles. The van der Waals surface area contributed by atoms with E-state index in [1.165, 1.54) is 13.0 Å². The number of hydrogen-bond donors (Lipinski definition) is 3. The highest BCUT2D eigenvalue weighted by molar-refractivity contribution is 5.77. The number of alkyl halides is 3. The summed E-state index contributed by atoms with van der Waals surface area (Å²) in [6.07, 6.45) is -4.49. The third-order valence-electron chi connectivity index (χ3n) is 3.93. The number of furan rings is 1. The molecule has 1 saturated carbocycles. The van der Waals surface area contributed by atoms with Crippen molar-refractivity contribution in [1.29, 1.82) is 0 Å². The Balaban J connectivity index is 2.08. The van der Waals surface area contributed by atoms with E-state index in [-0.39, 0.29) is 12.3 Å². The predicted octanol–water partition coefficient (Wildman–Crippen LogP) is 1.76. The molecule has 0 aromatic carbocycles. The molecule has 2 rings (SSSR count). The van der Waals surface area contributed by atoms with E-state index in [9.17, 15) is 28.2 Å². The Bertz CT molecular complexity index is 551. The van der Waals surface area contributed by atoms with Gasteiger partial charge >= 0.3 is 6.18 Å². The number of carbonyl (C=O) groups excluding carboxylic acids is 1. The first-order valence-corrected chi connectivity index (χ1v) is 6.91. The molecule has 1 unspecified atom stereocenters. The molecule has 0 bridgehead atoms. The Hall–Kier alpha value is -1.54. The van der Waals surface area contributed by atoms with Crippen LogP contribution in [0.4, 0.5) is 13.2 Å². The van der Waals surface area contributed by atoms with Gasteiger partial charge in [0.05, 0.1) is 12.0 Å². The van der Waals surface area contributed by atoms with E-state index in [1.54, 1.807) is 0 Å². The quantitative estimate of drug-likeness (QED) is 0.772. The minimum Gasteiger partial charge on any atom is -0.463 e. The minimum absolute atomic E-state index is 0.128. The molecule has 124 valence electrons. The van der Waals surface area contributed by atoms with Gasteiger partial charge in [0.1, 0.15) is 11.5 Å². The van der Waals surface area contributed by atoms with E-state index in [1.807, 2.05) is 0 Å². The van der Waals surface area contributed by atoms with Crippen LogP contribution < -0.4 is 5.32 Å². The van der Waals surface area contributed by atoms with Crippen molar-refractivity contribution in [3.8, 4) is 0 Å². The summed E-state index contributed by atoms with van der Waals surface area (Å²) >= 11 is 0. The van der Waals surface area contributed by atoms with E-state index in [2.05, 4.69) is 5.32 Å². The molecular weight excluding hydrogens is 303 g/mol. The molecule has 1 amide bonds. The number of amides is 1. The van der Waals surface area contributed by atoms with Crippen molar-refractivity contribution >= 4 is 5.91 Å². The second-order valence-electron chi connectivity index (χ2n) is 5.80. The van der Waals surface area contributed by atoms with Gasteiger partial charge in [0.15, 0.2) is 0 Å². The molecule has 0 spiro atoms. The molecule has 1 atom stereocenters. The Morgan fingerprint density at radius 2 is 2.05 bits per heavy atom. The van der Waals surface area contributed by atoms with Crippen LogP contribution in [0.5, 0.6) is 0 Å². The molecule has 1 heterocycles. The lowest BCUT2D eigenvalue weighted by Gasteiger charge is -2.37. The van der Waals surface area contributed by atoms with Gasteiger partial charge in [-0.15, -0.1) is 0 Å². The first-order chi connectivity index (χ1) is 10.1. The standard InChI is InChI=1S/C14H18F3NO4/c1-9-3-4-10(22-9)13(21,14(15,16)17)7-11(19)18-8-12(20)5-2-6-12/h3-4,20-21H,2,5-8H2,1H3,(H,18,19). The van der Waals surface area contributed by atoms with Crippen molar-refractivity contribution in [3.05, 3.63) is 23.7 Å². The SMILES string of the molecule is Cc1ccc(C(O)(CC(=O)NCC2(O)CCC2)C(F)(F)F)o1. The summed E-state index contributed by atoms with van der Waals surface area (Å²) < 4.78 is 44.4. The first-order valence-electron chi connectivity index (χ1n) is 6.91. The van der Waals surface area contributed by atoms with Crippen LogP contribution in [0.25, 0.3) is 0 Å². The van der Waals surface area contributed by atoms with Crippen molar-refractivity contribution in [2.45, 2.75) is 50.0 Å². The summed E-state index contributed by atoms with van der Waals surface area (Å²) in [5.41, 5.74) is -4.44. The lowest BCUT2D eigenvalue weighted by Crippen LogP contribution is -2.50. The largest absolute Gasteiger partial charge is 0.463 e. The zero-order valence-corrected chi connectivity index (χ0v) is 12.0. The average molecular weight is 321 g/mol. The lowest BCUT2D eigenvalue weighted by atomic mass is 9.80. The summed E-state index contributed by atoms with van der Waals surface area (Å²) in [5, 5.41) is 22.0. The molecule has 1 aromatic heterocycles. The zero-order valence-electron chi connectivity index (χ0n) is 12.0. The van der Waals surface area contributed by atoms with Crippen LogP contribution in [-0.2, 0) is 10.4 Å². The number of carbonyl (C=O) groups is 1. The highest BCUT2D eigenvalue weighted by Crippen LogP contribution is 2.42. The molecule has 5 nitrogen and oxygen atoms in total. The summed E-state index contributed by atoms with van der Waals surface area (Å²) in [5.74, 6) is -1.54. The predicted molar refractivity (Wildman–Crippen MR) is 69.8 cm³/mol. The Morgan fingerprint density at radius 1 is 1.41 bits per heavy atom. The van der Waals surface area contributed by atoms with Crippen LogP contribution in [-0.4, -0.2) is 34.4 Å². The third-order valence-corrected chi connectivity index (χ3v) is 3.93. The fourth-order valence-corrected chi connectivity index (χ4v) is 2.30. The maximum Gasteiger partial charge on any atom is 0.425 e. The Morgan fingerprint density at radius 3 is 2.45 bits per heavy atom. The van der Waals surface area contributed by atoms with Crippen molar-refractivity contribution in [1.82, 2.24) is 5.32 Å². The van der Waals surface area contributed by atoms with Gasteiger partial charge < -0.3 is 19.9 Å². The van der Waals surface area contributed by atoms with Gasteiger partial charge in [-0.3, -0.25) is 4.79 Å². The number of rotatable bonds is 5. The molecule has 22 heavy (non-hydrogen) atoms. The van der Waals surface area contributed by atoms with Gasteiger partial charge in [0, 0.05) is 6.54 Å². The van der Waals surface area contributed by atoms with Gasteiger partial charge in [-0.05, 0) is 38.3 Å². The second-order valence-corrected chi connectivity index (χ2v) is 5.80. The molecule has 1 aliphatic carbocycles. The molecular formula is C14H18F3NO4. The summed E-state index contributed by atoms with van der Waals surface area (Å²) in [6.45, 7) is 1.31. The van der Waals surface area contributed by atoms with Gasteiger partial charge in [0.25, 0.3) is 0 Å². The monoisotopic (exact) mass is 321 g/mol. The topological polar surface area (TPSA) is 82.7 Å². The first kappa shape index (κ1) is 16.8. The molecule has 1 aliphatic rings. The number of halogens is 3. The van der Waals surface area contributed by atoms with Crippen LogP contribution in [0.3, 0.4) is 0 Å². The van der Waals surface area contributed by atoms with Crippen molar-refractivity contribution in [2.24, 2.45) is 0 Å². The second kappa shape index (κ2) is 5.58. The van der Waals surface area contributed by atoms with E-state index < -0.39 is 35.5 Å². The van der Waals surface area contributed by atoms with E-state index in [4.69, 9.17) is 4.42 Å². The number of hydrogen-bond acceptors (Lipinski definition) is 4. The summed E-state index contributed by atoms with van der Waals surface area (Å²) in [6, 6.07) is 2.27. The Kier molecular flexibility index (Phi) is 4.27. The fraction of sp³-hybridized carbons (Fsp3) is 0.643. The number of aliphatic hydroxyl groups is 2. The summed E-state index contributed by atoms with van der Waals surface area (Å²) in [7, 11) is 0. The highest BCUT2D eigenvalue weighted by atomic mass is 19.4. The summed E-state index contributed by atoms with van der Waals surface area (Å²) in [4.78, 5) is 11.7. The number of aryl methyl sites for hydroxylation is 1. The molecule has 3 N–H and O–H groups in total. The minimum atomic E-state index is -5.07. The fourth-order valence-electron chi connectivity index (χ4n) is 2.30. The van der Waals surface area contributed by atoms with Gasteiger partial charge in [-0.2, -0.15) is 13.2 Å². The Labute approximate surface area is 125 Å². The van der Waals surface area contributed by atoms with E-state index in [0.29, 0.717) is 12.8 Å². The molecule has 1 aromatic rings. The van der Waals surface area contributed by atoms with Crippen LogP contribution in [0, 0.1) is 6.92 Å². The third kappa shape index (κ3) is 3.27. The van der Waals surface area contributed by atoms with Crippen LogP contribution in [0.2, 0.25) is 0 Å². The number of nitrogens with one attached hydrogen (secondary N) is 1. The average Bonchev–Trinajstić information content (AvgIpc) is 2.79. The van der Waals surface area contributed by atoms with E-state index >= 15 is 0 Å². The van der Waals surface area contributed by atoms with Crippen LogP contribution in [0.15, 0.2) is 16.5 Å². The highest BCUT2D eigenvalue weighted by Gasteiger charge is 2.58. The van der Waals surface area contributed by atoms with Gasteiger partial charge in [-0.25, -0.2) is 0 Å². The van der Waals surface area contributed by atoms with Crippen LogP contribution >= 0.6 is 0 Å². The molecule has 8 heteroatoms. The van der Waals surface area contributed by atoms with Crippen molar-refractivity contribution in [2.75, 3.05) is 6.54 Å². The van der Waals surface area contributed by atoms with Crippen molar-refractivity contribution in [3.63, 3.8) is 0 Å². The van der Waals surface area contributed by atoms with Crippen molar-refractivity contribution < 1.29 is 32.6 Å². The smallest absolute Gasteiger partial charge is 0.425 e. The molecule has 0 radical (unpaired) electrons. The molecule has 1 fully saturated rings. The normalized spacial score (nSPS) is 20.1. The maximum atomic E-state index is 13.2. The zero-order chi connectivity index (χ0) is 16.6. The van der Waals surface area contributed by atoms with E-state index in [0.717, 1.165) is 12.5 Å². The molecule has 0 aliphatic heterocycles. The van der Waals surface area contributed by atoms with Gasteiger partial charge in [0.2, 0.25) is 11.5 Å². The lowest BCUT2D eigenvalue weighted by molar-refractivity contribution is -0.273. The maximum absolute atomic E-state index is 13.2. The van der Waals surface area contributed by atoms with Gasteiger partial charge in [-0.1, -0.05) is 0 Å². The van der Waals surface area contributed by atoms with Crippen LogP contribution in [0.1, 0.15) is 37.2 Å².